The number of hydrogen-bond donors (Lipinski definition) is 1. The Morgan fingerprint density at radius 2 is 2.25 bits per heavy atom. The summed E-state index contributed by atoms with van der Waals surface area (Å²) in [6.07, 6.45) is 4.71. The molecule has 3 nitrogen and oxygen atoms in total. The lowest BCUT2D eigenvalue weighted by molar-refractivity contribution is 0.103. The summed E-state index contributed by atoms with van der Waals surface area (Å²) >= 11 is 0. The molecule has 3 rings (SSSR count). The molecule has 0 bridgehead atoms. The van der Waals surface area contributed by atoms with Crippen molar-refractivity contribution in [2.45, 2.75) is 38.1 Å². The number of rotatable bonds is 3. The Hall–Kier alpha value is -1.06. The number of benzene rings is 1. The van der Waals surface area contributed by atoms with Gasteiger partial charge in [-0.2, -0.15) is 0 Å². The highest BCUT2D eigenvalue weighted by Gasteiger charge is 2.41. The van der Waals surface area contributed by atoms with Crippen molar-refractivity contribution >= 4 is 0 Å². The van der Waals surface area contributed by atoms with Crippen LogP contribution in [-0.4, -0.2) is 37.2 Å². The van der Waals surface area contributed by atoms with E-state index in [1.807, 2.05) is 0 Å². The van der Waals surface area contributed by atoms with Gasteiger partial charge in [-0.25, -0.2) is 0 Å². The fourth-order valence-corrected chi connectivity index (χ4v) is 3.89. The average molecular weight is 274 g/mol. The number of methoxy groups -OCH3 is 1. The van der Waals surface area contributed by atoms with E-state index in [-0.39, 0.29) is 5.54 Å². The van der Waals surface area contributed by atoms with Crippen LogP contribution in [0.2, 0.25) is 0 Å². The number of hydrogen-bond acceptors (Lipinski definition) is 3. The second-order valence-corrected chi connectivity index (χ2v) is 6.58. The molecule has 1 saturated heterocycles. The van der Waals surface area contributed by atoms with Crippen LogP contribution in [0.1, 0.15) is 30.9 Å². The highest BCUT2D eigenvalue weighted by Crippen LogP contribution is 2.37. The zero-order valence-corrected chi connectivity index (χ0v) is 12.7. The number of ether oxygens (including phenoxy) is 1. The van der Waals surface area contributed by atoms with Crippen LogP contribution in [-0.2, 0) is 12.8 Å². The van der Waals surface area contributed by atoms with Crippen LogP contribution in [0.4, 0.5) is 0 Å². The molecule has 2 unspecified atom stereocenters. The Balaban J connectivity index is 1.87. The van der Waals surface area contributed by atoms with Crippen LogP contribution in [0.15, 0.2) is 18.2 Å². The summed E-state index contributed by atoms with van der Waals surface area (Å²) in [5.74, 6) is 1.77. The third-order valence-electron chi connectivity index (χ3n) is 5.27. The van der Waals surface area contributed by atoms with E-state index in [1.165, 1.54) is 37.1 Å². The molecule has 3 heteroatoms. The first kappa shape index (κ1) is 13.9. The SMILES string of the molecule is COc1ccc2c(c1)CC(CN)(N1CCC(C)C1)CC2. The van der Waals surface area contributed by atoms with Crippen molar-refractivity contribution in [2.75, 3.05) is 26.7 Å². The fourth-order valence-electron chi connectivity index (χ4n) is 3.89. The topological polar surface area (TPSA) is 38.5 Å². The van der Waals surface area contributed by atoms with E-state index in [9.17, 15) is 0 Å². The molecule has 1 aromatic rings. The molecule has 2 N–H and O–H groups in total. The molecule has 20 heavy (non-hydrogen) atoms. The maximum absolute atomic E-state index is 6.22. The van der Waals surface area contributed by atoms with Crippen molar-refractivity contribution in [1.82, 2.24) is 4.90 Å². The molecule has 1 heterocycles. The summed E-state index contributed by atoms with van der Waals surface area (Å²) in [6, 6.07) is 6.51. The third-order valence-corrected chi connectivity index (χ3v) is 5.27. The second kappa shape index (κ2) is 5.38. The third kappa shape index (κ3) is 2.33. The van der Waals surface area contributed by atoms with Gasteiger partial charge >= 0.3 is 0 Å². The van der Waals surface area contributed by atoms with E-state index in [0.29, 0.717) is 0 Å². The lowest BCUT2D eigenvalue weighted by atomic mass is 9.76. The van der Waals surface area contributed by atoms with Gasteiger partial charge in [-0.1, -0.05) is 13.0 Å². The van der Waals surface area contributed by atoms with Gasteiger partial charge in [0.2, 0.25) is 0 Å². The van der Waals surface area contributed by atoms with Gasteiger partial charge < -0.3 is 10.5 Å². The molecular weight excluding hydrogens is 248 g/mol. The van der Waals surface area contributed by atoms with E-state index < -0.39 is 0 Å². The summed E-state index contributed by atoms with van der Waals surface area (Å²) < 4.78 is 5.38. The van der Waals surface area contributed by atoms with Gasteiger partial charge in [0.15, 0.2) is 0 Å². The van der Waals surface area contributed by atoms with Gasteiger partial charge in [-0.3, -0.25) is 4.90 Å². The molecular formula is C17H26N2O. The van der Waals surface area contributed by atoms with Crippen LogP contribution in [0, 0.1) is 5.92 Å². The molecule has 0 radical (unpaired) electrons. The molecule has 0 spiro atoms. The van der Waals surface area contributed by atoms with E-state index in [4.69, 9.17) is 10.5 Å². The van der Waals surface area contributed by atoms with Crippen LogP contribution < -0.4 is 10.5 Å². The minimum absolute atomic E-state index is 0.171. The van der Waals surface area contributed by atoms with Gasteiger partial charge in [0.05, 0.1) is 7.11 Å². The lowest BCUT2D eigenvalue weighted by Gasteiger charge is -2.45. The van der Waals surface area contributed by atoms with Gasteiger partial charge in [0.25, 0.3) is 0 Å². The van der Waals surface area contributed by atoms with Gasteiger partial charge in [0.1, 0.15) is 5.75 Å². The molecule has 2 aliphatic rings. The number of nitrogens with zero attached hydrogens (tertiary/aromatic N) is 1. The number of aryl methyl sites for hydroxylation is 1. The van der Waals surface area contributed by atoms with E-state index in [2.05, 4.69) is 30.0 Å². The Morgan fingerprint density at radius 3 is 2.90 bits per heavy atom. The highest BCUT2D eigenvalue weighted by molar-refractivity contribution is 5.39. The van der Waals surface area contributed by atoms with E-state index in [0.717, 1.165) is 31.1 Å². The van der Waals surface area contributed by atoms with Gasteiger partial charge in [-0.05, 0) is 61.4 Å². The second-order valence-electron chi connectivity index (χ2n) is 6.58. The molecule has 1 aliphatic carbocycles. The Labute approximate surface area is 122 Å². The zero-order chi connectivity index (χ0) is 14.2. The molecule has 1 fully saturated rings. The summed E-state index contributed by atoms with van der Waals surface area (Å²) in [6.45, 7) is 5.52. The molecule has 1 aliphatic heterocycles. The maximum atomic E-state index is 6.22. The monoisotopic (exact) mass is 274 g/mol. The maximum Gasteiger partial charge on any atom is 0.119 e. The summed E-state index contributed by atoms with van der Waals surface area (Å²) in [5.41, 5.74) is 9.29. The van der Waals surface area contributed by atoms with Crippen molar-refractivity contribution in [3.05, 3.63) is 29.3 Å². The number of fused-ring (bicyclic) bond motifs is 1. The van der Waals surface area contributed by atoms with E-state index in [1.54, 1.807) is 7.11 Å². The van der Waals surface area contributed by atoms with Crippen LogP contribution in [0.3, 0.4) is 0 Å². The first-order valence-corrected chi connectivity index (χ1v) is 7.78. The first-order chi connectivity index (χ1) is 9.66. The molecule has 0 saturated carbocycles. The van der Waals surface area contributed by atoms with Crippen LogP contribution in [0.25, 0.3) is 0 Å². The fraction of sp³-hybridized carbons (Fsp3) is 0.647. The Morgan fingerprint density at radius 1 is 1.40 bits per heavy atom. The van der Waals surface area contributed by atoms with Crippen molar-refractivity contribution in [2.24, 2.45) is 11.7 Å². The average Bonchev–Trinajstić information content (AvgIpc) is 2.93. The van der Waals surface area contributed by atoms with Crippen molar-refractivity contribution in [1.29, 1.82) is 0 Å². The molecule has 0 amide bonds. The molecule has 110 valence electrons. The minimum atomic E-state index is 0.171. The molecule has 2 atom stereocenters. The lowest BCUT2D eigenvalue weighted by Crippen LogP contribution is -2.56. The molecule has 0 aromatic heterocycles. The highest BCUT2D eigenvalue weighted by atomic mass is 16.5. The summed E-state index contributed by atoms with van der Waals surface area (Å²) in [4.78, 5) is 2.65. The number of likely N-dealkylation sites (tertiary alicyclic amines) is 1. The Bertz CT molecular complexity index is 488. The summed E-state index contributed by atoms with van der Waals surface area (Å²) in [5, 5.41) is 0. The standard InChI is InChI=1S/C17H26N2O/c1-13-6-8-19(11-13)17(12-18)7-5-14-3-4-16(20-2)9-15(14)10-17/h3-4,9,13H,5-8,10-12,18H2,1-2H3. The minimum Gasteiger partial charge on any atom is -0.497 e. The van der Waals surface area contributed by atoms with Gasteiger partial charge in [0, 0.05) is 18.6 Å². The molecule has 1 aromatic carbocycles. The van der Waals surface area contributed by atoms with Crippen LogP contribution >= 0.6 is 0 Å². The van der Waals surface area contributed by atoms with Gasteiger partial charge in [-0.15, -0.1) is 0 Å². The van der Waals surface area contributed by atoms with E-state index >= 15 is 0 Å². The quantitative estimate of drug-likeness (QED) is 0.918. The number of nitrogens with two attached hydrogens (primary N) is 1. The van der Waals surface area contributed by atoms with Crippen LogP contribution in [0.5, 0.6) is 5.75 Å². The largest absolute Gasteiger partial charge is 0.497 e. The van der Waals surface area contributed by atoms with Crippen molar-refractivity contribution in [3.8, 4) is 5.75 Å². The predicted molar refractivity (Wildman–Crippen MR) is 82.2 cm³/mol. The smallest absolute Gasteiger partial charge is 0.119 e. The summed E-state index contributed by atoms with van der Waals surface area (Å²) in [7, 11) is 1.74. The van der Waals surface area contributed by atoms with Crippen molar-refractivity contribution in [3.63, 3.8) is 0 Å². The Kier molecular flexibility index (Phi) is 3.74. The zero-order valence-electron chi connectivity index (χ0n) is 12.7. The normalized spacial score (nSPS) is 30.2. The predicted octanol–water partition coefficient (Wildman–Crippen LogP) is 2.22. The first-order valence-electron chi connectivity index (χ1n) is 7.78. The van der Waals surface area contributed by atoms with Crippen molar-refractivity contribution < 1.29 is 4.74 Å².